The number of hydrogen-bond donors (Lipinski definition) is 2. The maximum atomic E-state index is 12.9. The number of carbonyl (C=O) groups excluding carboxylic acids is 1. The van der Waals surface area contributed by atoms with Crippen LogP contribution in [0.3, 0.4) is 0 Å². The molecule has 0 bridgehead atoms. The van der Waals surface area contributed by atoms with Gasteiger partial charge in [-0.2, -0.15) is 13.2 Å². The first-order chi connectivity index (χ1) is 18.5. The zero-order valence-electron chi connectivity index (χ0n) is 22.5. The Kier molecular flexibility index (Phi) is 13.0. The van der Waals surface area contributed by atoms with Crippen molar-refractivity contribution in [2.75, 3.05) is 44.8 Å². The molecule has 0 fully saturated rings. The summed E-state index contributed by atoms with van der Waals surface area (Å²) >= 11 is 0. The molecule has 0 aliphatic rings. The van der Waals surface area contributed by atoms with Crippen LogP contribution >= 0.6 is 0 Å². The molecule has 0 heterocycles. The third-order valence-electron chi connectivity index (χ3n) is 5.72. The number of alkyl halides is 3. The van der Waals surface area contributed by atoms with E-state index in [2.05, 4.69) is 23.9 Å². The van der Waals surface area contributed by atoms with Crippen LogP contribution in [0.25, 0.3) is 0 Å². The molecule has 8 nitrogen and oxygen atoms in total. The summed E-state index contributed by atoms with van der Waals surface area (Å²) in [7, 11) is 0. The van der Waals surface area contributed by atoms with E-state index in [1.807, 2.05) is 12.1 Å². The highest BCUT2D eigenvalue weighted by Crippen LogP contribution is 2.18. The van der Waals surface area contributed by atoms with Crippen molar-refractivity contribution in [3.63, 3.8) is 0 Å². The molecule has 0 saturated heterocycles. The molecule has 2 amide bonds. The van der Waals surface area contributed by atoms with Crippen LogP contribution in [-0.2, 0) is 20.7 Å². The molecule has 2 aromatic carbocycles. The summed E-state index contributed by atoms with van der Waals surface area (Å²) in [5.74, 6) is -0.159. The van der Waals surface area contributed by atoms with E-state index in [1.165, 1.54) is 4.90 Å². The first-order valence-electron chi connectivity index (χ1n) is 12.8. The molecule has 0 spiro atoms. The Hall–Kier alpha value is -3.31. The molecule has 1 unspecified atom stereocenters. The van der Waals surface area contributed by atoms with Crippen LogP contribution in [-0.4, -0.2) is 73.8 Å². The average molecular weight is 555 g/mol. The number of carbonyl (C=O) groups is 2. The Bertz CT molecular complexity index is 1010. The maximum Gasteiger partial charge on any atom is 0.411 e. The predicted molar refractivity (Wildman–Crippen MR) is 141 cm³/mol. The second-order valence-electron chi connectivity index (χ2n) is 9.19. The number of amides is 2. The van der Waals surface area contributed by atoms with E-state index in [9.17, 15) is 27.9 Å². The highest BCUT2D eigenvalue weighted by molar-refractivity contribution is 5.89. The van der Waals surface area contributed by atoms with E-state index in [1.54, 1.807) is 43.3 Å². The van der Waals surface area contributed by atoms with Gasteiger partial charge in [0, 0.05) is 31.9 Å². The molecule has 1 atom stereocenters. The first-order valence-corrected chi connectivity index (χ1v) is 12.8. The summed E-state index contributed by atoms with van der Waals surface area (Å²) in [6.07, 6.45) is -4.91. The van der Waals surface area contributed by atoms with Crippen molar-refractivity contribution in [3.8, 4) is 5.75 Å². The van der Waals surface area contributed by atoms with E-state index in [4.69, 9.17) is 9.47 Å². The number of rotatable bonds is 16. The number of nitrogens with one attached hydrogen (secondary N) is 1. The van der Waals surface area contributed by atoms with Gasteiger partial charge in [-0.1, -0.05) is 38.1 Å². The van der Waals surface area contributed by atoms with Gasteiger partial charge in [0.05, 0.1) is 6.54 Å². The fourth-order valence-electron chi connectivity index (χ4n) is 3.64. The number of carboxylic acids is 1. The first kappa shape index (κ1) is 31.9. The van der Waals surface area contributed by atoms with Gasteiger partial charge >= 0.3 is 18.2 Å². The molecule has 39 heavy (non-hydrogen) atoms. The van der Waals surface area contributed by atoms with Crippen LogP contribution in [0.15, 0.2) is 48.5 Å². The fraction of sp³-hybridized carbons (Fsp3) is 0.500. The summed E-state index contributed by atoms with van der Waals surface area (Å²) in [4.78, 5) is 25.7. The number of carboxylic acid groups (broad SMARTS) is 1. The minimum atomic E-state index is -4.40. The Balaban J connectivity index is 1.94. The summed E-state index contributed by atoms with van der Waals surface area (Å²) in [5, 5.41) is 12.1. The molecule has 0 aromatic heterocycles. The summed E-state index contributed by atoms with van der Waals surface area (Å²) in [5.41, 5.74) is 2.50. The van der Waals surface area contributed by atoms with Gasteiger partial charge in [0.25, 0.3) is 0 Å². The summed E-state index contributed by atoms with van der Waals surface area (Å²) < 4.78 is 52.6. The minimum absolute atomic E-state index is 0.138. The number of aliphatic carboxylic acids is 1. The fourth-order valence-corrected chi connectivity index (χ4v) is 3.64. The number of anilines is 1. The van der Waals surface area contributed by atoms with Crippen molar-refractivity contribution >= 4 is 17.7 Å². The standard InChI is InChI=1S/C28H37F3N2O6/c1-4-38-25(26(34)35)18-21-6-12-24(13-7-21)39-17-15-33(14-5-16-37-19-28(29,30)31)27(36)32-23-10-8-22(9-11-23)20(2)3/h6-13,20,25H,4-5,14-19H2,1-3H3,(H,32,36)(H,34,35). The normalized spacial score (nSPS) is 12.3. The third kappa shape index (κ3) is 12.4. The van der Waals surface area contributed by atoms with Gasteiger partial charge in [-0.3, -0.25) is 0 Å². The maximum absolute atomic E-state index is 12.9. The van der Waals surface area contributed by atoms with Gasteiger partial charge in [0.15, 0.2) is 6.10 Å². The zero-order valence-corrected chi connectivity index (χ0v) is 22.5. The van der Waals surface area contributed by atoms with Crippen molar-refractivity contribution in [3.05, 3.63) is 59.7 Å². The number of benzene rings is 2. The van der Waals surface area contributed by atoms with Crippen LogP contribution < -0.4 is 10.1 Å². The second kappa shape index (κ2) is 15.9. The second-order valence-corrected chi connectivity index (χ2v) is 9.19. The van der Waals surface area contributed by atoms with Gasteiger partial charge in [0.1, 0.15) is 19.0 Å². The molecule has 0 aliphatic carbocycles. The molecule has 2 aromatic rings. The van der Waals surface area contributed by atoms with E-state index in [-0.39, 0.29) is 39.1 Å². The molecular weight excluding hydrogens is 517 g/mol. The predicted octanol–water partition coefficient (Wildman–Crippen LogP) is 5.72. The number of halogens is 3. The van der Waals surface area contributed by atoms with Gasteiger partial charge in [-0.05, 0) is 54.7 Å². The Morgan fingerprint density at radius 3 is 2.23 bits per heavy atom. The zero-order chi connectivity index (χ0) is 28.8. The lowest BCUT2D eigenvalue weighted by molar-refractivity contribution is -0.174. The van der Waals surface area contributed by atoms with Crippen LogP contribution in [0.5, 0.6) is 5.75 Å². The van der Waals surface area contributed by atoms with Crippen LogP contribution in [0.1, 0.15) is 44.2 Å². The highest BCUT2D eigenvalue weighted by atomic mass is 19.4. The number of ether oxygens (including phenoxy) is 3. The molecule has 0 aliphatic heterocycles. The third-order valence-corrected chi connectivity index (χ3v) is 5.72. The van der Waals surface area contributed by atoms with E-state index >= 15 is 0 Å². The Labute approximate surface area is 227 Å². The van der Waals surface area contributed by atoms with Crippen LogP contribution in [0, 0.1) is 0 Å². The number of nitrogens with zero attached hydrogens (tertiary/aromatic N) is 1. The van der Waals surface area contributed by atoms with Crippen LogP contribution in [0.2, 0.25) is 0 Å². The van der Waals surface area contributed by atoms with Crippen molar-refractivity contribution in [2.24, 2.45) is 0 Å². The lowest BCUT2D eigenvalue weighted by Gasteiger charge is -2.23. The molecule has 2 N–H and O–H groups in total. The van der Waals surface area contributed by atoms with Crippen molar-refractivity contribution < 1.29 is 42.1 Å². The van der Waals surface area contributed by atoms with Gasteiger partial charge in [0.2, 0.25) is 0 Å². The lowest BCUT2D eigenvalue weighted by atomic mass is 10.0. The molecule has 0 radical (unpaired) electrons. The summed E-state index contributed by atoms with van der Waals surface area (Å²) in [6.45, 7) is 5.17. The quantitative estimate of drug-likeness (QED) is 0.258. The lowest BCUT2D eigenvalue weighted by Crippen LogP contribution is -2.39. The van der Waals surface area contributed by atoms with E-state index < -0.39 is 30.9 Å². The van der Waals surface area contributed by atoms with Gasteiger partial charge in [-0.15, -0.1) is 0 Å². The molecule has 11 heteroatoms. The van der Waals surface area contributed by atoms with E-state index in [0.717, 1.165) is 11.1 Å². The van der Waals surface area contributed by atoms with Crippen LogP contribution in [0.4, 0.5) is 23.7 Å². The number of urea groups is 1. The van der Waals surface area contributed by atoms with E-state index in [0.29, 0.717) is 24.0 Å². The minimum Gasteiger partial charge on any atom is -0.492 e. The van der Waals surface area contributed by atoms with Gasteiger partial charge < -0.3 is 29.5 Å². The molecular formula is C28H37F3N2O6. The topological polar surface area (TPSA) is 97.3 Å². The molecule has 0 saturated carbocycles. The largest absolute Gasteiger partial charge is 0.492 e. The molecule has 216 valence electrons. The van der Waals surface area contributed by atoms with Crippen molar-refractivity contribution in [2.45, 2.75) is 51.8 Å². The monoisotopic (exact) mass is 554 g/mol. The Morgan fingerprint density at radius 1 is 1.00 bits per heavy atom. The SMILES string of the molecule is CCOC(Cc1ccc(OCCN(CCCOCC(F)(F)F)C(=O)Nc2ccc(C(C)C)cc2)cc1)C(=O)O. The smallest absolute Gasteiger partial charge is 0.411 e. The average Bonchev–Trinajstić information content (AvgIpc) is 2.87. The summed E-state index contributed by atoms with van der Waals surface area (Å²) in [6, 6.07) is 13.9. The molecule has 2 rings (SSSR count). The number of hydrogen-bond acceptors (Lipinski definition) is 5. The van der Waals surface area contributed by atoms with Crippen molar-refractivity contribution in [1.29, 1.82) is 0 Å². The van der Waals surface area contributed by atoms with Crippen molar-refractivity contribution in [1.82, 2.24) is 4.90 Å². The van der Waals surface area contributed by atoms with Gasteiger partial charge in [-0.25, -0.2) is 9.59 Å². The highest BCUT2D eigenvalue weighted by Gasteiger charge is 2.27. The Morgan fingerprint density at radius 2 is 1.67 bits per heavy atom.